The molecule has 0 heterocycles. The SMILES string of the molecule is CCCCCCCCCCCCCC=CC=CC=CC(=O)[O-].[Na+]. The molecule has 0 amide bonds. The molecule has 0 aromatic rings. The Morgan fingerprint density at radius 3 is 1.74 bits per heavy atom. The van der Waals surface area contributed by atoms with Gasteiger partial charge in [0.2, 0.25) is 0 Å². The first kappa shape index (κ1) is 24.9. The second kappa shape index (κ2) is 21.7. The van der Waals surface area contributed by atoms with Crippen molar-refractivity contribution in [3.8, 4) is 0 Å². The summed E-state index contributed by atoms with van der Waals surface area (Å²) in [5, 5.41) is 10.1. The van der Waals surface area contributed by atoms with Crippen molar-refractivity contribution in [3.05, 3.63) is 36.5 Å². The minimum Gasteiger partial charge on any atom is -0.545 e. The number of rotatable bonds is 15. The van der Waals surface area contributed by atoms with Crippen LogP contribution in [0.4, 0.5) is 0 Å². The van der Waals surface area contributed by atoms with E-state index in [1.807, 2.05) is 12.2 Å². The summed E-state index contributed by atoms with van der Waals surface area (Å²) >= 11 is 0. The molecule has 0 unspecified atom stereocenters. The van der Waals surface area contributed by atoms with E-state index in [-0.39, 0.29) is 29.6 Å². The standard InChI is InChI=1S/C20H34O2.Na/c1-2-3-4-5-6-7-8-9-10-11-12-13-14-15-16-17-18-19-20(21)22;/h14-19H,2-13H2,1H3,(H,21,22);/q;+1/p-1. The maximum absolute atomic E-state index is 10.1. The second-order valence-electron chi connectivity index (χ2n) is 5.82. The third kappa shape index (κ3) is 24.1. The topological polar surface area (TPSA) is 40.1 Å². The van der Waals surface area contributed by atoms with Crippen LogP contribution in [0.3, 0.4) is 0 Å². The zero-order valence-corrected chi connectivity index (χ0v) is 17.3. The number of hydrogen-bond donors (Lipinski definition) is 0. The van der Waals surface area contributed by atoms with Crippen LogP contribution in [0.2, 0.25) is 0 Å². The van der Waals surface area contributed by atoms with E-state index in [4.69, 9.17) is 0 Å². The van der Waals surface area contributed by atoms with Gasteiger partial charge in [0.15, 0.2) is 0 Å². The van der Waals surface area contributed by atoms with Crippen LogP contribution in [0.1, 0.15) is 84.0 Å². The monoisotopic (exact) mass is 328 g/mol. The summed E-state index contributed by atoms with van der Waals surface area (Å²) < 4.78 is 0. The van der Waals surface area contributed by atoms with Crippen molar-refractivity contribution in [1.29, 1.82) is 0 Å². The van der Waals surface area contributed by atoms with E-state index in [0.29, 0.717) is 0 Å². The van der Waals surface area contributed by atoms with E-state index in [9.17, 15) is 9.90 Å². The van der Waals surface area contributed by atoms with E-state index < -0.39 is 5.97 Å². The van der Waals surface area contributed by atoms with E-state index in [0.717, 1.165) is 12.5 Å². The molecule has 0 aliphatic rings. The van der Waals surface area contributed by atoms with Crippen molar-refractivity contribution in [3.63, 3.8) is 0 Å². The molecule has 0 aromatic carbocycles. The van der Waals surface area contributed by atoms with Gasteiger partial charge in [-0.15, -0.1) is 0 Å². The second-order valence-corrected chi connectivity index (χ2v) is 5.82. The molecule has 0 radical (unpaired) electrons. The Morgan fingerprint density at radius 2 is 1.22 bits per heavy atom. The number of hydrogen-bond acceptors (Lipinski definition) is 2. The Bertz CT molecular complexity index is 333. The average Bonchev–Trinajstić information content (AvgIpc) is 2.50. The van der Waals surface area contributed by atoms with Gasteiger partial charge >= 0.3 is 29.6 Å². The van der Waals surface area contributed by atoms with Gasteiger partial charge in [-0.25, -0.2) is 0 Å². The molecule has 2 nitrogen and oxygen atoms in total. The first-order valence-corrected chi connectivity index (χ1v) is 8.98. The van der Waals surface area contributed by atoms with E-state index in [1.165, 1.54) is 76.7 Å². The Balaban J connectivity index is 0. The summed E-state index contributed by atoms with van der Waals surface area (Å²) in [4.78, 5) is 10.1. The van der Waals surface area contributed by atoms with Crippen molar-refractivity contribution in [1.82, 2.24) is 0 Å². The summed E-state index contributed by atoms with van der Waals surface area (Å²) in [7, 11) is 0. The van der Waals surface area contributed by atoms with Crippen molar-refractivity contribution < 1.29 is 39.5 Å². The zero-order chi connectivity index (χ0) is 16.3. The van der Waals surface area contributed by atoms with Crippen LogP contribution in [-0.2, 0) is 4.79 Å². The molecule has 0 N–H and O–H groups in total. The molecular formula is C20H33NaO2. The summed E-state index contributed by atoms with van der Waals surface area (Å²) in [6, 6.07) is 0. The Kier molecular flexibility index (Phi) is 23.5. The van der Waals surface area contributed by atoms with Gasteiger partial charge in [-0.3, -0.25) is 0 Å². The first-order valence-electron chi connectivity index (χ1n) is 8.98. The van der Waals surface area contributed by atoms with Gasteiger partial charge in [-0.1, -0.05) is 102 Å². The molecule has 0 aromatic heterocycles. The van der Waals surface area contributed by atoms with Crippen LogP contribution in [0.15, 0.2) is 36.5 Å². The van der Waals surface area contributed by atoms with Crippen LogP contribution in [0, 0.1) is 0 Å². The summed E-state index contributed by atoms with van der Waals surface area (Å²) in [5.74, 6) is -1.16. The number of unbranched alkanes of at least 4 members (excludes halogenated alkanes) is 11. The smallest absolute Gasteiger partial charge is 0.545 e. The molecular weight excluding hydrogens is 295 g/mol. The van der Waals surface area contributed by atoms with Gasteiger partial charge in [-0.05, 0) is 18.9 Å². The van der Waals surface area contributed by atoms with Gasteiger partial charge in [0, 0.05) is 0 Å². The van der Waals surface area contributed by atoms with E-state index in [1.54, 1.807) is 6.08 Å². The maximum atomic E-state index is 10.1. The molecule has 0 rings (SSSR count). The third-order valence-corrected chi connectivity index (χ3v) is 3.68. The Morgan fingerprint density at radius 1 is 0.739 bits per heavy atom. The maximum Gasteiger partial charge on any atom is 1.00 e. The van der Waals surface area contributed by atoms with E-state index in [2.05, 4.69) is 13.0 Å². The molecule has 0 saturated heterocycles. The first-order chi connectivity index (χ1) is 10.8. The fourth-order valence-corrected chi connectivity index (χ4v) is 2.36. The summed E-state index contributed by atoms with van der Waals surface area (Å²) in [5.41, 5.74) is 0. The van der Waals surface area contributed by atoms with Crippen LogP contribution in [0.25, 0.3) is 0 Å². The molecule has 0 aliphatic carbocycles. The molecule has 3 heteroatoms. The Labute approximate surface area is 165 Å². The number of carboxylic acids is 1. The molecule has 23 heavy (non-hydrogen) atoms. The predicted molar refractivity (Wildman–Crippen MR) is 93.5 cm³/mol. The zero-order valence-electron chi connectivity index (χ0n) is 15.3. The minimum absolute atomic E-state index is 0. The quantitative estimate of drug-likeness (QED) is 0.200. The normalized spacial score (nSPS) is 11.5. The van der Waals surface area contributed by atoms with Gasteiger partial charge in [0.05, 0.1) is 5.97 Å². The van der Waals surface area contributed by atoms with Crippen molar-refractivity contribution in [2.75, 3.05) is 0 Å². The van der Waals surface area contributed by atoms with Crippen LogP contribution in [0.5, 0.6) is 0 Å². The molecule has 0 atom stereocenters. The molecule has 0 spiro atoms. The van der Waals surface area contributed by atoms with Crippen LogP contribution >= 0.6 is 0 Å². The van der Waals surface area contributed by atoms with Gasteiger partial charge in [0.1, 0.15) is 0 Å². The third-order valence-electron chi connectivity index (χ3n) is 3.68. The minimum atomic E-state index is -1.16. The fraction of sp³-hybridized carbons (Fsp3) is 0.650. The summed E-state index contributed by atoms with van der Waals surface area (Å²) in [6.45, 7) is 2.26. The summed E-state index contributed by atoms with van der Waals surface area (Å²) in [6.07, 6.45) is 26.3. The fourth-order valence-electron chi connectivity index (χ4n) is 2.36. The van der Waals surface area contributed by atoms with Crippen molar-refractivity contribution in [2.45, 2.75) is 84.0 Å². The Hall–Kier alpha value is -0.310. The molecule has 126 valence electrons. The average molecular weight is 328 g/mol. The predicted octanol–water partition coefficient (Wildman–Crippen LogP) is 2.11. The van der Waals surface area contributed by atoms with Crippen LogP contribution in [-0.4, -0.2) is 5.97 Å². The largest absolute Gasteiger partial charge is 1.00 e. The van der Waals surface area contributed by atoms with E-state index >= 15 is 0 Å². The number of aliphatic carboxylic acids is 1. The number of carbonyl (C=O) groups excluding carboxylic acids is 1. The number of allylic oxidation sites excluding steroid dienone is 5. The molecule has 0 aliphatic heterocycles. The van der Waals surface area contributed by atoms with Gasteiger partial charge in [-0.2, -0.15) is 0 Å². The molecule has 0 saturated carbocycles. The molecule has 0 bridgehead atoms. The number of carbonyl (C=O) groups is 1. The number of carboxylic acid groups (broad SMARTS) is 1. The van der Waals surface area contributed by atoms with Gasteiger partial charge in [0.25, 0.3) is 0 Å². The molecule has 0 fully saturated rings. The van der Waals surface area contributed by atoms with Crippen LogP contribution < -0.4 is 34.7 Å². The van der Waals surface area contributed by atoms with Gasteiger partial charge < -0.3 is 9.90 Å². The van der Waals surface area contributed by atoms with Crippen molar-refractivity contribution >= 4 is 5.97 Å². The van der Waals surface area contributed by atoms with Crippen molar-refractivity contribution in [2.24, 2.45) is 0 Å².